The molecule has 17 heteroatoms. The number of nitrogens with zero attached hydrogens (tertiary/aromatic N) is 1. The number of hydrogen-bond acceptors (Lipinski definition) is 11. The van der Waals surface area contributed by atoms with E-state index in [9.17, 15) is 27.9 Å². The van der Waals surface area contributed by atoms with Crippen LogP contribution in [-0.2, 0) is 54.0 Å². The second-order valence-electron chi connectivity index (χ2n) is 15.7. The topological polar surface area (TPSA) is 221 Å². The number of anilines is 1. The zero-order chi connectivity index (χ0) is 41.4. The molecule has 0 spiro atoms. The van der Waals surface area contributed by atoms with Gasteiger partial charge in [-0.3, -0.25) is 23.7 Å². The van der Waals surface area contributed by atoms with Gasteiger partial charge in [0.05, 0.1) is 55.5 Å². The van der Waals surface area contributed by atoms with Gasteiger partial charge < -0.3 is 39.4 Å². The summed E-state index contributed by atoms with van der Waals surface area (Å²) in [6, 6.07) is 9.75. The number of rotatable bonds is 25. The highest BCUT2D eigenvalue weighted by Gasteiger charge is 2.38. The summed E-state index contributed by atoms with van der Waals surface area (Å²) in [5, 5.41) is 13.8. The van der Waals surface area contributed by atoms with Crippen molar-refractivity contribution in [3.05, 3.63) is 53.7 Å². The summed E-state index contributed by atoms with van der Waals surface area (Å²) in [6.07, 6.45) is 3.72. The Morgan fingerprint density at radius 1 is 0.764 bits per heavy atom. The van der Waals surface area contributed by atoms with Gasteiger partial charge in [-0.05, 0) is 82.7 Å². The molecule has 1 heterocycles. The average Bonchev–Trinajstić information content (AvgIpc) is 3.05. The van der Waals surface area contributed by atoms with Crippen molar-refractivity contribution in [3.8, 4) is 0 Å². The maximum Gasteiger partial charge on any atom is 0.329 e. The molecule has 16 nitrogen and oxygen atoms in total. The van der Waals surface area contributed by atoms with E-state index in [2.05, 4.69) is 34.2 Å². The van der Waals surface area contributed by atoms with Crippen LogP contribution in [0.1, 0.15) is 70.8 Å². The van der Waals surface area contributed by atoms with E-state index in [1.807, 2.05) is 34.6 Å². The van der Waals surface area contributed by atoms with Crippen molar-refractivity contribution >= 4 is 39.1 Å². The predicted octanol–water partition coefficient (Wildman–Crippen LogP) is 3.71. The number of nitrogens with one attached hydrogen (secondary N) is 3. The number of aliphatic carboxylic acids is 1. The third-order valence-corrected chi connectivity index (χ3v) is 9.78. The summed E-state index contributed by atoms with van der Waals surface area (Å²) in [6.45, 7) is 14.6. The summed E-state index contributed by atoms with van der Waals surface area (Å²) < 4.78 is 54.0. The average molecular weight is 797 g/mol. The van der Waals surface area contributed by atoms with Gasteiger partial charge in [0, 0.05) is 25.5 Å². The first kappa shape index (κ1) is 47.2. The third-order valence-electron chi connectivity index (χ3n) is 7.71. The van der Waals surface area contributed by atoms with Gasteiger partial charge in [0.2, 0.25) is 5.91 Å². The largest absolute Gasteiger partial charge is 0.480 e. The van der Waals surface area contributed by atoms with Crippen molar-refractivity contribution in [2.45, 2.75) is 71.8 Å². The van der Waals surface area contributed by atoms with E-state index in [1.54, 1.807) is 24.3 Å². The molecule has 2 rings (SSSR count). The van der Waals surface area contributed by atoms with E-state index in [-0.39, 0.29) is 99.5 Å². The van der Waals surface area contributed by atoms with E-state index < -0.39 is 32.4 Å². The lowest BCUT2D eigenvalue weighted by atomic mass is 9.72. The van der Waals surface area contributed by atoms with Crippen molar-refractivity contribution in [2.24, 2.45) is 10.8 Å². The monoisotopic (exact) mass is 796 g/mol. The number of benzene rings is 1. The molecule has 0 fully saturated rings. The van der Waals surface area contributed by atoms with E-state index in [1.165, 1.54) is 24.6 Å². The molecule has 2 aromatic rings. The van der Waals surface area contributed by atoms with Crippen LogP contribution in [0.15, 0.2) is 47.5 Å². The van der Waals surface area contributed by atoms with Crippen molar-refractivity contribution in [1.82, 2.24) is 15.6 Å². The molecular weight excluding hydrogens is 737 g/mol. The first-order valence-electron chi connectivity index (χ1n) is 18.0. The molecule has 1 aromatic carbocycles. The molecule has 55 heavy (non-hydrogen) atoms. The fourth-order valence-corrected chi connectivity index (χ4v) is 7.05. The summed E-state index contributed by atoms with van der Waals surface area (Å²) >= 11 is 0. The maximum absolute atomic E-state index is 13.8. The number of amides is 2. The molecule has 0 saturated heterocycles. The molecule has 5 N–H and O–H groups in total. The van der Waals surface area contributed by atoms with Gasteiger partial charge in [-0.25, -0.2) is 9.78 Å². The minimum atomic E-state index is -4.58. The van der Waals surface area contributed by atoms with Gasteiger partial charge in [-0.2, -0.15) is 4.21 Å². The fraction of sp³-hybridized carbons (Fsp3) is 0.605. The number of pyridine rings is 1. The summed E-state index contributed by atoms with van der Waals surface area (Å²) in [7, 11) is -4.58. The molecule has 0 saturated carbocycles. The number of carbonyl (C=O) groups is 4. The van der Waals surface area contributed by atoms with Crippen LogP contribution < -0.4 is 15.4 Å². The van der Waals surface area contributed by atoms with Gasteiger partial charge in [0.1, 0.15) is 24.6 Å². The number of ether oxygens (including phenoxy) is 5. The van der Waals surface area contributed by atoms with Crippen LogP contribution in [0.3, 0.4) is 0 Å². The standard InChI is InChI=1S/C38H60N4O12S/c1-36(2,3)54-35(47)38(6,7)27-37(4,5)23-28-9-12-30(13-10-28)55(8,48,49)42-31-14-11-29(24-41-31)34(46)40-16-18-51-19-21-52-25-32(43)39-15-17-50-20-22-53-26-33(44)45/h9-14,24H,15-23,25-27H2,1-8H3,(H,39,43)(H,40,46)(H,44,45)(H2,41,42,48,49). The van der Waals surface area contributed by atoms with Crippen LogP contribution in [0.5, 0.6) is 0 Å². The van der Waals surface area contributed by atoms with Crippen LogP contribution >= 0.6 is 0 Å². The molecule has 1 aromatic heterocycles. The highest BCUT2D eigenvalue weighted by molar-refractivity contribution is 8.15. The molecule has 0 bridgehead atoms. The lowest BCUT2D eigenvalue weighted by molar-refractivity contribution is -0.167. The van der Waals surface area contributed by atoms with Crippen LogP contribution in [0.4, 0.5) is 5.82 Å². The first-order valence-corrected chi connectivity index (χ1v) is 20.3. The quantitative estimate of drug-likeness (QED) is 0.0716. The minimum absolute atomic E-state index is 0.110. The minimum Gasteiger partial charge on any atom is -0.480 e. The third kappa shape index (κ3) is 18.9. The van der Waals surface area contributed by atoms with Crippen molar-refractivity contribution in [2.75, 3.05) is 76.9 Å². The molecular formula is C38H60N4O12S. The predicted molar refractivity (Wildman–Crippen MR) is 207 cm³/mol. The van der Waals surface area contributed by atoms with Crippen molar-refractivity contribution < 1.29 is 56.7 Å². The lowest BCUT2D eigenvalue weighted by Gasteiger charge is -2.40. The molecule has 0 aliphatic heterocycles. The van der Waals surface area contributed by atoms with Gasteiger partial charge in [-0.15, -0.1) is 9.53 Å². The van der Waals surface area contributed by atoms with Crippen LogP contribution in [0.2, 0.25) is 0 Å². The fourth-order valence-electron chi connectivity index (χ4n) is 5.54. The van der Waals surface area contributed by atoms with E-state index in [0.29, 0.717) is 12.8 Å². The smallest absolute Gasteiger partial charge is 0.329 e. The maximum atomic E-state index is 13.8. The Hall–Kier alpha value is -4.00. The van der Waals surface area contributed by atoms with Gasteiger partial charge in [-0.1, -0.05) is 26.0 Å². The van der Waals surface area contributed by atoms with Gasteiger partial charge >= 0.3 is 11.9 Å². The molecule has 0 aliphatic rings. The normalized spacial score (nSPS) is 13.0. The molecule has 310 valence electrons. The molecule has 2 amide bonds. The number of aromatic nitrogens is 1. The van der Waals surface area contributed by atoms with Gasteiger partial charge in [0.15, 0.2) is 0 Å². The SMILES string of the molecule is CC(C)(Cc1ccc(S(C)(=O)(O)Nc2ccc(C(=O)NCCOCCOCC(=O)NCCOCCOCC(=O)O)cn2)cc1)CC(C)(C)C(=O)OC(C)(C)C. The Morgan fingerprint density at radius 3 is 1.87 bits per heavy atom. The Morgan fingerprint density at radius 2 is 1.33 bits per heavy atom. The Balaban J connectivity index is 1.72. The number of esters is 1. The van der Waals surface area contributed by atoms with Crippen LogP contribution in [0.25, 0.3) is 0 Å². The van der Waals surface area contributed by atoms with Crippen LogP contribution in [-0.4, -0.2) is 120 Å². The van der Waals surface area contributed by atoms with Gasteiger partial charge in [0.25, 0.3) is 5.91 Å². The number of carboxylic acid groups (broad SMARTS) is 1. The van der Waals surface area contributed by atoms with Crippen molar-refractivity contribution in [1.29, 1.82) is 0 Å². The second-order valence-corrected chi connectivity index (χ2v) is 18.9. The second kappa shape index (κ2) is 20.8. The molecule has 0 radical (unpaired) electrons. The first-order chi connectivity index (χ1) is 25.5. The summed E-state index contributed by atoms with van der Waals surface area (Å²) in [4.78, 5) is 51.8. The van der Waals surface area contributed by atoms with E-state index >= 15 is 0 Å². The highest BCUT2D eigenvalue weighted by Crippen LogP contribution is 2.38. The number of carboxylic acids is 1. The molecule has 0 aliphatic carbocycles. The highest BCUT2D eigenvalue weighted by atomic mass is 32.3. The van der Waals surface area contributed by atoms with Crippen molar-refractivity contribution in [3.63, 3.8) is 0 Å². The molecule has 0 atom stereocenters. The lowest BCUT2D eigenvalue weighted by Crippen LogP contribution is -2.39. The van der Waals surface area contributed by atoms with E-state index in [0.717, 1.165) is 5.56 Å². The number of hydrogen-bond donors (Lipinski definition) is 5. The van der Waals surface area contributed by atoms with E-state index in [4.69, 9.17) is 28.8 Å². The van der Waals surface area contributed by atoms with Crippen LogP contribution in [0, 0.1) is 10.8 Å². The Labute approximate surface area is 324 Å². The Kier molecular flexibility index (Phi) is 17.8. The molecule has 0 unspecified atom stereocenters. The summed E-state index contributed by atoms with van der Waals surface area (Å²) in [5.74, 6) is -1.93. The Bertz CT molecular complexity index is 1620. The zero-order valence-electron chi connectivity index (χ0n) is 33.4. The number of carbonyl (C=O) groups excluding carboxylic acids is 3. The summed E-state index contributed by atoms with van der Waals surface area (Å²) in [5.41, 5.74) is -0.343. The zero-order valence-corrected chi connectivity index (χ0v) is 34.2.